The van der Waals surface area contributed by atoms with Gasteiger partial charge in [-0.25, -0.2) is 12.7 Å². The summed E-state index contributed by atoms with van der Waals surface area (Å²) < 4.78 is 27.1. The minimum atomic E-state index is -3.26. The first-order valence-electron chi connectivity index (χ1n) is 8.37. The summed E-state index contributed by atoms with van der Waals surface area (Å²) in [5.74, 6) is 0.511. The summed E-state index contributed by atoms with van der Waals surface area (Å²) in [5.41, 5.74) is 8.14. The van der Waals surface area contributed by atoms with Gasteiger partial charge in [0, 0.05) is 19.0 Å². The first-order valence-corrected chi connectivity index (χ1v) is 9.98. The fourth-order valence-corrected chi connectivity index (χ4v) is 4.95. The Morgan fingerprint density at radius 2 is 1.56 bits per heavy atom. The van der Waals surface area contributed by atoms with Gasteiger partial charge in [-0.05, 0) is 30.0 Å². The van der Waals surface area contributed by atoms with Gasteiger partial charge in [-0.15, -0.1) is 12.4 Å². The maximum atomic E-state index is 12.7. The monoisotopic (exact) mass is 380 g/mol. The summed E-state index contributed by atoms with van der Waals surface area (Å²) in [6.07, 6.45) is 0.545. The number of halogens is 1. The molecule has 0 radical (unpaired) electrons. The van der Waals surface area contributed by atoms with Crippen LogP contribution in [0.5, 0.6) is 0 Å². The highest BCUT2D eigenvalue weighted by atomic mass is 35.5. The SMILES string of the molecule is Cl.NC[C@@H]1CN(S(=O)(=O)CCc2ccccc2)C[C@H]1c1ccccc1. The molecule has 1 saturated heterocycles. The summed E-state index contributed by atoms with van der Waals surface area (Å²) in [6.45, 7) is 1.56. The normalized spacial score (nSPS) is 21.0. The van der Waals surface area contributed by atoms with Crippen LogP contribution in [0.25, 0.3) is 0 Å². The van der Waals surface area contributed by atoms with Crippen LogP contribution in [-0.4, -0.2) is 38.1 Å². The third kappa shape index (κ3) is 4.82. The van der Waals surface area contributed by atoms with Gasteiger partial charge in [0.15, 0.2) is 0 Å². The van der Waals surface area contributed by atoms with Crippen molar-refractivity contribution >= 4 is 22.4 Å². The Labute approximate surface area is 156 Å². The maximum absolute atomic E-state index is 12.7. The van der Waals surface area contributed by atoms with Crippen LogP contribution in [0, 0.1) is 5.92 Å². The molecule has 0 unspecified atom stereocenters. The molecule has 25 heavy (non-hydrogen) atoms. The van der Waals surface area contributed by atoms with E-state index < -0.39 is 10.0 Å². The van der Waals surface area contributed by atoms with Crippen LogP contribution in [-0.2, 0) is 16.4 Å². The third-order valence-electron chi connectivity index (χ3n) is 4.82. The molecule has 0 amide bonds. The molecule has 2 atom stereocenters. The molecule has 3 rings (SSSR count). The highest BCUT2D eigenvalue weighted by Gasteiger charge is 2.38. The fourth-order valence-electron chi connectivity index (χ4n) is 3.40. The van der Waals surface area contributed by atoms with Crippen molar-refractivity contribution in [2.24, 2.45) is 11.7 Å². The minimum Gasteiger partial charge on any atom is -0.330 e. The number of benzene rings is 2. The van der Waals surface area contributed by atoms with Crippen LogP contribution in [0.1, 0.15) is 17.0 Å². The lowest BCUT2D eigenvalue weighted by molar-refractivity contribution is 0.458. The first-order chi connectivity index (χ1) is 11.6. The second-order valence-electron chi connectivity index (χ2n) is 6.38. The molecule has 1 aliphatic heterocycles. The van der Waals surface area contributed by atoms with E-state index in [9.17, 15) is 8.42 Å². The van der Waals surface area contributed by atoms with E-state index >= 15 is 0 Å². The molecule has 1 heterocycles. The van der Waals surface area contributed by atoms with Crippen molar-refractivity contribution in [3.05, 3.63) is 71.8 Å². The second kappa shape index (κ2) is 8.81. The zero-order chi connectivity index (χ0) is 17.0. The van der Waals surface area contributed by atoms with Crippen molar-refractivity contribution < 1.29 is 8.42 Å². The van der Waals surface area contributed by atoms with Crippen LogP contribution in [0.15, 0.2) is 60.7 Å². The molecule has 1 aliphatic rings. The number of aryl methyl sites for hydroxylation is 1. The van der Waals surface area contributed by atoms with Gasteiger partial charge in [0.2, 0.25) is 10.0 Å². The summed E-state index contributed by atoms with van der Waals surface area (Å²) in [4.78, 5) is 0. The number of sulfonamides is 1. The zero-order valence-electron chi connectivity index (χ0n) is 14.1. The van der Waals surface area contributed by atoms with Crippen molar-refractivity contribution in [3.63, 3.8) is 0 Å². The summed E-state index contributed by atoms with van der Waals surface area (Å²) in [7, 11) is -3.26. The molecule has 0 aliphatic carbocycles. The van der Waals surface area contributed by atoms with Crippen LogP contribution < -0.4 is 5.73 Å². The van der Waals surface area contributed by atoms with Gasteiger partial charge in [-0.2, -0.15) is 0 Å². The molecule has 2 aromatic carbocycles. The Morgan fingerprint density at radius 3 is 2.16 bits per heavy atom. The van der Waals surface area contributed by atoms with E-state index in [2.05, 4.69) is 12.1 Å². The Hall–Kier alpha value is -1.40. The average Bonchev–Trinajstić information content (AvgIpc) is 3.07. The predicted molar refractivity (Wildman–Crippen MR) is 104 cm³/mol. The van der Waals surface area contributed by atoms with E-state index in [1.54, 1.807) is 4.31 Å². The molecule has 2 aromatic rings. The molecule has 136 valence electrons. The van der Waals surface area contributed by atoms with E-state index in [1.807, 2.05) is 48.5 Å². The smallest absolute Gasteiger partial charge is 0.214 e. The van der Waals surface area contributed by atoms with Gasteiger partial charge in [-0.3, -0.25) is 0 Å². The van der Waals surface area contributed by atoms with Gasteiger partial charge < -0.3 is 5.73 Å². The van der Waals surface area contributed by atoms with Gasteiger partial charge in [-0.1, -0.05) is 60.7 Å². The standard InChI is InChI=1S/C19H24N2O2S.ClH/c20-13-18-14-21(15-19(18)17-9-5-2-6-10-17)24(22,23)12-11-16-7-3-1-4-8-16;/h1-10,18-19H,11-15,20H2;1H/t18-,19+;/m1./s1. The van der Waals surface area contributed by atoms with Crippen molar-refractivity contribution in [1.29, 1.82) is 0 Å². The molecular weight excluding hydrogens is 356 g/mol. The maximum Gasteiger partial charge on any atom is 0.214 e. The molecule has 0 saturated carbocycles. The Kier molecular flexibility index (Phi) is 7.02. The topological polar surface area (TPSA) is 63.4 Å². The van der Waals surface area contributed by atoms with Crippen LogP contribution >= 0.6 is 12.4 Å². The average molecular weight is 381 g/mol. The summed E-state index contributed by atoms with van der Waals surface area (Å²) in [6, 6.07) is 19.8. The van der Waals surface area contributed by atoms with Crippen LogP contribution in [0.3, 0.4) is 0 Å². The Morgan fingerprint density at radius 1 is 0.960 bits per heavy atom. The Bertz CT molecular complexity index is 754. The molecule has 4 nitrogen and oxygen atoms in total. The quantitative estimate of drug-likeness (QED) is 0.837. The number of nitrogens with two attached hydrogens (primary N) is 1. The molecule has 0 spiro atoms. The lowest BCUT2D eigenvalue weighted by Crippen LogP contribution is -2.32. The second-order valence-corrected chi connectivity index (χ2v) is 8.47. The highest BCUT2D eigenvalue weighted by Crippen LogP contribution is 2.33. The van der Waals surface area contributed by atoms with Gasteiger partial charge in [0.05, 0.1) is 5.75 Å². The van der Waals surface area contributed by atoms with Crippen molar-refractivity contribution in [2.45, 2.75) is 12.3 Å². The summed E-state index contributed by atoms with van der Waals surface area (Å²) >= 11 is 0. The number of hydrogen-bond donors (Lipinski definition) is 1. The predicted octanol–water partition coefficient (Wildman–Crippen LogP) is 2.66. The molecular formula is C19H25ClN2O2S. The van der Waals surface area contributed by atoms with E-state index in [-0.39, 0.29) is 30.0 Å². The van der Waals surface area contributed by atoms with E-state index in [4.69, 9.17) is 5.73 Å². The molecule has 6 heteroatoms. The van der Waals surface area contributed by atoms with Crippen molar-refractivity contribution in [2.75, 3.05) is 25.4 Å². The van der Waals surface area contributed by atoms with Crippen molar-refractivity contribution in [3.8, 4) is 0 Å². The zero-order valence-corrected chi connectivity index (χ0v) is 15.8. The van der Waals surface area contributed by atoms with E-state index in [1.165, 1.54) is 5.56 Å². The summed E-state index contributed by atoms with van der Waals surface area (Å²) in [5, 5.41) is 0. The third-order valence-corrected chi connectivity index (χ3v) is 6.63. The van der Waals surface area contributed by atoms with E-state index in [0.29, 0.717) is 26.1 Å². The van der Waals surface area contributed by atoms with E-state index in [0.717, 1.165) is 5.56 Å². The Balaban J connectivity index is 0.00000225. The first kappa shape index (κ1) is 19.9. The largest absolute Gasteiger partial charge is 0.330 e. The minimum absolute atomic E-state index is 0. The molecule has 0 aromatic heterocycles. The van der Waals surface area contributed by atoms with Crippen LogP contribution in [0.4, 0.5) is 0 Å². The van der Waals surface area contributed by atoms with Crippen LogP contribution in [0.2, 0.25) is 0 Å². The number of nitrogens with zero attached hydrogens (tertiary/aromatic N) is 1. The lowest BCUT2D eigenvalue weighted by atomic mass is 9.89. The number of rotatable bonds is 6. The highest BCUT2D eigenvalue weighted by molar-refractivity contribution is 7.89. The molecule has 1 fully saturated rings. The fraction of sp³-hybridized carbons (Fsp3) is 0.368. The number of hydrogen-bond acceptors (Lipinski definition) is 3. The lowest BCUT2D eigenvalue weighted by Gasteiger charge is -2.17. The van der Waals surface area contributed by atoms with Gasteiger partial charge >= 0.3 is 0 Å². The van der Waals surface area contributed by atoms with Crippen molar-refractivity contribution in [1.82, 2.24) is 4.31 Å². The van der Waals surface area contributed by atoms with Gasteiger partial charge in [0.1, 0.15) is 0 Å². The molecule has 0 bridgehead atoms. The molecule has 2 N–H and O–H groups in total. The van der Waals surface area contributed by atoms with Gasteiger partial charge in [0.25, 0.3) is 0 Å².